The number of rotatable bonds is 74. The standard InChI is InChI=1S/C80H153NO5/c1-3-5-7-9-11-13-15-17-19-20-21-39-42-45-48-52-56-60-64-68-72-78(83)77(76-82)81-79(84)73-69-65-61-57-53-49-46-43-40-37-35-33-31-29-27-25-23-22-24-26-28-30-32-34-36-38-41-44-47-51-55-59-63-67-71-75-86-80(85)74-70-66-62-58-54-50-18-16-14-12-10-8-6-4-2/h24,26,30,32,68,72,77-78,82-83H,3-23,25,27-29,31,33-67,69-71,73-76H2,1-2H3,(H,81,84)/b26-24-,32-30-,72-68+. The number of ether oxygens (including phenoxy) is 1. The minimum Gasteiger partial charge on any atom is -0.466 e. The van der Waals surface area contributed by atoms with Crippen LogP contribution in [0.3, 0.4) is 0 Å². The molecule has 86 heavy (non-hydrogen) atoms. The van der Waals surface area contributed by atoms with E-state index in [4.69, 9.17) is 4.74 Å². The summed E-state index contributed by atoms with van der Waals surface area (Å²) in [5.74, 6) is -0.0420. The van der Waals surface area contributed by atoms with Gasteiger partial charge in [0.25, 0.3) is 0 Å². The van der Waals surface area contributed by atoms with Gasteiger partial charge in [-0.25, -0.2) is 0 Å². The first-order valence-corrected chi connectivity index (χ1v) is 39.3. The van der Waals surface area contributed by atoms with Crippen LogP contribution in [0.5, 0.6) is 0 Å². The molecule has 0 radical (unpaired) electrons. The van der Waals surface area contributed by atoms with Crippen LogP contribution in [0.15, 0.2) is 36.5 Å². The topological polar surface area (TPSA) is 95.9 Å². The number of allylic oxidation sites excluding steroid dienone is 5. The Balaban J connectivity index is 3.39. The lowest BCUT2D eigenvalue weighted by Gasteiger charge is -2.20. The predicted molar refractivity (Wildman–Crippen MR) is 379 cm³/mol. The highest BCUT2D eigenvalue weighted by Crippen LogP contribution is 2.19. The maximum Gasteiger partial charge on any atom is 0.305 e. The Kier molecular flexibility index (Phi) is 73.9. The van der Waals surface area contributed by atoms with Crippen molar-refractivity contribution in [3.8, 4) is 0 Å². The van der Waals surface area contributed by atoms with Crippen LogP contribution in [-0.2, 0) is 14.3 Å². The molecule has 0 aliphatic heterocycles. The smallest absolute Gasteiger partial charge is 0.305 e. The van der Waals surface area contributed by atoms with Gasteiger partial charge in [0.05, 0.1) is 25.4 Å². The van der Waals surface area contributed by atoms with Gasteiger partial charge < -0.3 is 20.3 Å². The molecule has 0 fully saturated rings. The van der Waals surface area contributed by atoms with Gasteiger partial charge in [0.1, 0.15) is 0 Å². The van der Waals surface area contributed by atoms with Crippen LogP contribution in [0, 0.1) is 0 Å². The van der Waals surface area contributed by atoms with E-state index in [9.17, 15) is 19.8 Å². The van der Waals surface area contributed by atoms with Gasteiger partial charge >= 0.3 is 5.97 Å². The first-order chi connectivity index (χ1) is 42.5. The van der Waals surface area contributed by atoms with Crippen LogP contribution in [0.4, 0.5) is 0 Å². The molecule has 0 aromatic carbocycles. The fourth-order valence-electron chi connectivity index (χ4n) is 12.4. The molecular formula is C80H153NO5. The normalized spacial score (nSPS) is 12.7. The van der Waals surface area contributed by atoms with Crippen molar-refractivity contribution in [2.75, 3.05) is 13.2 Å². The number of aliphatic hydroxyl groups excluding tert-OH is 2. The van der Waals surface area contributed by atoms with Crippen LogP contribution in [-0.4, -0.2) is 47.4 Å². The summed E-state index contributed by atoms with van der Waals surface area (Å²) in [6.45, 7) is 4.95. The van der Waals surface area contributed by atoms with E-state index in [0.29, 0.717) is 19.4 Å². The Morgan fingerprint density at radius 1 is 0.326 bits per heavy atom. The van der Waals surface area contributed by atoms with Gasteiger partial charge in [0, 0.05) is 12.8 Å². The van der Waals surface area contributed by atoms with E-state index in [2.05, 4.69) is 43.5 Å². The number of carbonyl (C=O) groups excluding carboxylic acids is 2. The molecule has 0 bridgehead atoms. The van der Waals surface area contributed by atoms with Crippen molar-refractivity contribution in [2.45, 2.75) is 450 Å². The number of nitrogens with one attached hydrogen (secondary N) is 1. The van der Waals surface area contributed by atoms with Crippen LogP contribution < -0.4 is 5.32 Å². The van der Waals surface area contributed by atoms with Crippen molar-refractivity contribution in [3.05, 3.63) is 36.5 Å². The molecule has 0 saturated heterocycles. The third-order valence-electron chi connectivity index (χ3n) is 18.4. The predicted octanol–water partition coefficient (Wildman–Crippen LogP) is 25.8. The minimum absolute atomic E-state index is 0.0195. The molecule has 0 rings (SSSR count). The summed E-state index contributed by atoms with van der Waals surface area (Å²) >= 11 is 0. The van der Waals surface area contributed by atoms with Gasteiger partial charge in [-0.3, -0.25) is 9.59 Å². The number of esters is 1. The lowest BCUT2D eigenvalue weighted by molar-refractivity contribution is -0.143. The van der Waals surface area contributed by atoms with Crippen molar-refractivity contribution in [1.29, 1.82) is 0 Å². The van der Waals surface area contributed by atoms with Crippen molar-refractivity contribution in [2.24, 2.45) is 0 Å². The zero-order valence-corrected chi connectivity index (χ0v) is 58.3. The molecule has 2 atom stereocenters. The maximum atomic E-state index is 12.5. The summed E-state index contributed by atoms with van der Waals surface area (Å²) in [6, 6.07) is -0.627. The second-order valence-corrected chi connectivity index (χ2v) is 27.0. The Morgan fingerprint density at radius 2 is 0.581 bits per heavy atom. The SMILES string of the molecule is CCCCCCCCCCCCCCCCCCCC/C=C/C(O)C(CO)NC(=O)CCCCCCCCCCCCCCCCCCC/C=C\C/C=C\CCCCCCCCCCCCCOC(=O)CCCCCCCCCCCCCCCC. The Hall–Kier alpha value is -1.92. The molecular weight excluding hydrogens is 1050 g/mol. The number of unbranched alkanes of at least 4 members (excludes halogenated alkanes) is 59. The first kappa shape index (κ1) is 84.1. The fourth-order valence-corrected chi connectivity index (χ4v) is 12.4. The number of carbonyl (C=O) groups is 2. The molecule has 6 heteroatoms. The van der Waals surface area contributed by atoms with Crippen molar-refractivity contribution in [1.82, 2.24) is 5.32 Å². The Morgan fingerprint density at radius 3 is 0.884 bits per heavy atom. The molecule has 0 aliphatic carbocycles. The lowest BCUT2D eigenvalue weighted by atomic mass is 10.0. The maximum absolute atomic E-state index is 12.5. The molecule has 3 N–H and O–H groups in total. The Bertz CT molecular complexity index is 1390. The van der Waals surface area contributed by atoms with Gasteiger partial charge in [0.2, 0.25) is 5.91 Å². The molecule has 0 aromatic rings. The first-order valence-electron chi connectivity index (χ1n) is 39.3. The highest BCUT2D eigenvalue weighted by atomic mass is 16.5. The van der Waals surface area contributed by atoms with Crippen LogP contribution >= 0.6 is 0 Å². The van der Waals surface area contributed by atoms with Crippen LogP contribution in [0.2, 0.25) is 0 Å². The van der Waals surface area contributed by atoms with E-state index in [1.165, 1.54) is 366 Å². The molecule has 2 unspecified atom stereocenters. The number of hydrogen-bond donors (Lipinski definition) is 3. The summed E-state index contributed by atoms with van der Waals surface area (Å²) in [7, 11) is 0. The van der Waals surface area contributed by atoms with Crippen molar-refractivity contribution in [3.63, 3.8) is 0 Å². The average molecular weight is 1210 g/mol. The zero-order valence-electron chi connectivity index (χ0n) is 58.3. The molecule has 6 nitrogen and oxygen atoms in total. The summed E-state index contributed by atoms with van der Waals surface area (Å²) in [5.41, 5.74) is 0. The average Bonchev–Trinajstić information content (AvgIpc) is 3.58. The lowest BCUT2D eigenvalue weighted by Crippen LogP contribution is -2.45. The van der Waals surface area contributed by atoms with E-state index in [1.807, 2.05) is 6.08 Å². The third kappa shape index (κ3) is 71.2. The van der Waals surface area contributed by atoms with Gasteiger partial charge in [0.15, 0.2) is 0 Å². The molecule has 0 aliphatic rings. The highest BCUT2D eigenvalue weighted by Gasteiger charge is 2.18. The van der Waals surface area contributed by atoms with E-state index >= 15 is 0 Å². The molecule has 508 valence electrons. The van der Waals surface area contributed by atoms with Crippen molar-refractivity contribution < 1.29 is 24.5 Å². The van der Waals surface area contributed by atoms with E-state index < -0.39 is 12.1 Å². The zero-order chi connectivity index (χ0) is 62.0. The van der Waals surface area contributed by atoms with Gasteiger partial charge in [-0.05, 0) is 64.2 Å². The number of hydrogen-bond acceptors (Lipinski definition) is 5. The number of amides is 1. The van der Waals surface area contributed by atoms with Gasteiger partial charge in [-0.2, -0.15) is 0 Å². The van der Waals surface area contributed by atoms with Crippen LogP contribution in [0.25, 0.3) is 0 Å². The van der Waals surface area contributed by atoms with E-state index in [-0.39, 0.29) is 18.5 Å². The quantitative estimate of drug-likeness (QED) is 0.0320. The van der Waals surface area contributed by atoms with E-state index in [1.54, 1.807) is 6.08 Å². The molecule has 0 spiro atoms. The summed E-state index contributed by atoms with van der Waals surface area (Å²) in [5, 5.41) is 23.3. The van der Waals surface area contributed by atoms with Gasteiger partial charge in [-0.15, -0.1) is 0 Å². The Labute approximate surface area is 538 Å². The van der Waals surface area contributed by atoms with E-state index in [0.717, 1.165) is 44.9 Å². The summed E-state index contributed by atoms with van der Waals surface area (Å²) in [6.07, 6.45) is 98.3. The molecule has 0 saturated carbocycles. The fraction of sp³-hybridized carbons (Fsp3) is 0.900. The van der Waals surface area contributed by atoms with Crippen molar-refractivity contribution >= 4 is 11.9 Å². The molecule has 0 aromatic heterocycles. The monoisotopic (exact) mass is 1210 g/mol. The molecule has 1 amide bonds. The second kappa shape index (κ2) is 75.5. The second-order valence-electron chi connectivity index (χ2n) is 27.0. The number of aliphatic hydroxyl groups is 2. The third-order valence-corrected chi connectivity index (χ3v) is 18.4. The summed E-state index contributed by atoms with van der Waals surface area (Å²) in [4.78, 5) is 24.6. The summed E-state index contributed by atoms with van der Waals surface area (Å²) < 4.78 is 5.50. The molecule has 0 heterocycles. The minimum atomic E-state index is -0.844. The van der Waals surface area contributed by atoms with Crippen LogP contribution in [0.1, 0.15) is 438 Å². The largest absolute Gasteiger partial charge is 0.466 e. The highest BCUT2D eigenvalue weighted by molar-refractivity contribution is 5.76. The van der Waals surface area contributed by atoms with Gasteiger partial charge in [-0.1, -0.05) is 397 Å².